The van der Waals surface area contributed by atoms with E-state index < -0.39 is 0 Å². The lowest BCUT2D eigenvalue weighted by molar-refractivity contribution is 0.267. The van der Waals surface area contributed by atoms with Gasteiger partial charge in [0.1, 0.15) is 0 Å². The molecular formula is C18H36N4. The minimum atomic E-state index is 0.836. The zero-order valence-corrected chi connectivity index (χ0v) is 14.0. The molecule has 0 saturated heterocycles. The Kier molecular flexibility index (Phi) is 5.43. The van der Waals surface area contributed by atoms with Gasteiger partial charge >= 0.3 is 0 Å². The Labute approximate surface area is 135 Å². The van der Waals surface area contributed by atoms with Gasteiger partial charge < -0.3 is 22.9 Å². The van der Waals surface area contributed by atoms with E-state index in [0.29, 0.717) is 0 Å². The van der Waals surface area contributed by atoms with Crippen LogP contribution in [0, 0.1) is 47.3 Å². The van der Waals surface area contributed by atoms with Crippen molar-refractivity contribution < 1.29 is 0 Å². The van der Waals surface area contributed by atoms with Gasteiger partial charge in [-0.1, -0.05) is 0 Å². The molecule has 0 aliphatic heterocycles. The van der Waals surface area contributed by atoms with Gasteiger partial charge in [0, 0.05) is 0 Å². The van der Waals surface area contributed by atoms with E-state index in [2.05, 4.69) is 0 Å². The summed E-state index contributed by atoms with van der Waals surface area (Å²) in [5.74, 6) is 7.06. The SMILES string of the molecule is NCC1CC2CC1CC2CN.NCC1CC2CC1CC2CN. The molecule has 0 amide bonds. The smallest absolute Gasteiger partial charge is 0.00461 e. The summed E-state index contributed by atoms with van der Waals surface area (Å²) in [6, 6.07) is 0. The number of nitrogens with two attached hydrogens (primary N) is 4. The molecule has 8 atom stereocenters. The van der Waals surface area contributed by atoms with E-state index in [1.807, 2.05) is 0 Å². The Hall–Kier alpha value is -0.160. The van der Waals surface area contributed by atoms with E-state index in [-0.39, 0.29) is 0 Å². The van der Waals surface area contributed by atoms with Crippen molar-refractivity contribution in [2.75, 3.05) is 26.2 Å². The van der Waals surface area contributed by atoms with Gasteiger partial charge in [0.05, 0.1) is 0 Å². The molecule has 4 aliphatic rings. The topological polar surface area (TPSA) is 104 Å². The molecule has 4 fully saturated rings. The van der Waals surface area contributed by atoms with Crippen molar-refractivity contribution in [1.29, 1.82) is 0 Å². The molecule has 4 aliphatic carbocycles. The molecule has 0 aromatic rings. The fourth-order valence-electron chi connectivity index (χ4n) is 6.18. The van der Waals surface area contributed by atoms with E-state index in [1.165, 1.54) is 38.5 Å². The van der Waals surface area contributed by atoms with Gasteiger partial charge in [-0.3, -0.25) is 0 Å². The Morgan fingerprint density at radius 1 is 0.409 bits per heavy atom. The Balaban J connectivity index is 0.000000131. The van der Waals surface area contributed by atoms with Crippen LogP contribution in [-0.4, -0.2) is 26.2 Å². The average molecular weight is 309 g/mol. The number of hydrogen-bond donors (Lipinski definition) is 4. The van der Waals surface area contributed by atoms with Crippen LogP contribution in [0.4, 0.5) is 0 Å². The highest BCUT2D eigenvalue weighted by atomic mass is 14.7. The molecule has 4 bridgehead atoms. The zero-order chi connectivity index (χ0) is 15.7. The zero-order valence-electron chi connectivity index (χ0n) is 14.0. The molecule has 0 aromatic carbocycles. The predicted molar refractivity (Wildman–Crippen MR) is 91.8 cm³/mol. The molecule has 4 rings (SSSR count). The predicted octanol–water partition coefficient (Wildman–Crippen LogP) is 1.13. The summed E-state index contributed by atoms with van der Waals surface area (Å²) in [4.78, 5) is 0. The molecule has 8 N–H and O–H groups in total. The van der Waals surface area contributed by atoms with Crippen molar-refractivity contribution in [2.45, 2.75) is 38.5 Å². The highest BCUT2D eigenvalue weighted by molar-refractivity contribution is 4.96. The molecule has 0 aromatic heterocycles. The summed E-state index contributed by atoms with van der Waals surface area (Å²) in [7, 11) is 0. The summed E-state index contributed by atoms with van der Waals surface area (Å²) in [6.07, 6.45) is 8.30. The van der Waals surface area contributed by atoms with Gasteiger partial charge in [0.15, 0.2) is 0 Å². The monoisotopic (exact) mass is 308 g/mol. The minimum Gasteiger partial charge on any atom is -0.330 e. The standard InChI is InChI=1S/2C9H18N2/c2*10-4-8-2-6-1-7(8)3-9(6)5-11/h2*6-9H,1-5,10-11H2. The van der Waals surface area contributed by atoms with E-state index in [9.17, 15) is 0 Å². The van der Waals surface area contributed by atoms with Gasteiger partial charge in [-0.25, -0.2) is 0 Å². The first-order valence-electron chi connectivity index (χ1n) is 9.50. The van der Waals surface area contributed by atoms with Crippen LogP contribution in [0.1, 0.15) is 38.5 Å². The van der Waals surface area contributed by atoms with Crippen LogP contribution in [0.3, 0.4) is 0 Å². The molecule has 8 unspecified atom stereocenters. The van der Waals surface area contributed by atoms with Gasteiger partial charge in [-0.05, 0) is 112 Å². The lowest BCUT2D eigenvalue weighted by Crippen LogP contribution is -2.27. The Morgan fingerprint density at radius 2 is 0.636 bits per heavy atom. The van der Waals surface area contributed by atoms with Crippen LogP contribution in [0.5, 0.6) is 0 Å². The second-order valence-electron chi connectivity index (χ2n) is 8.44. The molecule has 0 heterocycles. The third kappa shape index (κ3) is 3.08. The normalized spacial score (nSPS) is 48.5. The van der Waals surface area contributed by atoms with Gasteiger partial charge in [-0.2, -0.15) is 0 Å². The average Bonchev–Trinajstić information content (AvgIpc) is 3.32. The van der Waals surface area contributed by atoms with E-state index in [1.54, 1.807) is 0 Å². The first-order valence-corrected chi connectivity index (χ1v) is 9.50. The molecule has 4 nitrogen and oxygen atoms in total. The summed E-state index contributed by atoms with van der Waals surface area (Å²) >= 11 is 0. The van der Waals surface area contributed by atoms with Crippen LogP contribution < -0.4 is 22.9 Å². The molecule has 0 spiro atoms. The number of hydrogen-bond acceptors (Lipinski definition) is 4. The number of rotatable bonds is 4. The summed E-state index contributed by atoms with van der Waals surface area (Å²) in [6.45, 7) is 3.60. The van der Waals surface area contributed by atoms with Crippen molar-refractivity contribution in [3.8, 4) is 0 Å². The molecule has 4 heteroatoms. The first-order chi connectivity index (χ1) is 10.7. The summed E-state index contributed by atoms with van der Waals surface area (Å²) in [5.41, 5.74) is 22.7. The Morgan fingerprint density at radius 3 is 0.773 bits per heavy atom. The van der Waals surface area contributed by atoms with Crippen molar-refractivity contribution in [3.63, 3.8) is 0 Å². The molecule has 128 valence electrons. The van der Waals surface area contributed by atoms with Crippen LogP contribution in [0.25, 0.3) is 0 Å². The van der Waals surface area contributed by atoms with Crippen molar-refractivity contribution in [2.24, 2.45) is 70.3 Å². The summed E-state index contributed by atoms with van der Waals surface area (Å²) < 4.78 is 0. The maximum atomic E-state index is 5.68. The fraction of sp³-hybridized carbons (Fsp3) is 1.00. The van der Waals surface area contributed by atoms with Crippen LogP contribution in [0.15, 0.2) is 0 Å². The molecular weight excluding hydrogens is 272 g/mol. The third-order valence-corrected chi connectivity index (χ3v) is 7.51. The highest BCUT2D eigenvalue weighted by Crippen LogP contribution is 2.51. The third-order valence-electron chi connectivity index (χ3n) is 7.51. The Bertz CT molecular complexity index is 295. The largest absolute Gasteiger partial charge is 0.330 e. The fourth-order valence-corrected chi connectivity index (χ4v) is 6.18. The van der Waals surface area contributed by atoms with Crippen LogP contribution in [0.2, 0.25) is 0 Å². The van der Waals surface area contributed by atoms with Crippen LogP contribution in [-0.2, 0) is 0 Å². The quantitative estimate of drug-likeness (QED) is 0.625. The van der Waals surface area contributed by atoms with Gasteiger partial charge in [-0.15, -0.1) is 0 Å². The summed E-state index contributed by atoms with van der Waals surface area (Å²) in [5, 5.41) is 0. The van der Waals surface area contributed by atoms with Crippen LogP contribution >= 0.6 is 0 Å². The molecule has 4 saturated carbocycles. The maximum Gasteiger partial charge on any atom is -0.00461 e. The second-order valence-corrected chi connectivity index (χ2v) is 8.44. The lowest BCUT2D eigenvalue weighted by Gasteiger charge is -2.25. The van der Waals surface area contributed by atoms with E-state index in [4.69, 9.17) is 22.9 Å². The van der Waals surface area contributed by atoms with Gasteiger partial charge in [0.25, 0.3) is 0 Å². The van der Waals surface area contributed by atoms with Crippen molar-refractivity contribution in [1.82, 2.24) is 0 Å². The van der Waals surface area contributed by atoms with E-state index in [0.717, 1.165) is 73.5 Å². The van der Waals surface area contributed by atoms with E-state index >= 15 is 0 Å². The minimum absolute atomic E-state index is 0.836. The maximum absolute atomic E-state index is 5.68. The first kappa shape index (κ1) is 16.7. The molecule has 22 heavy (non-hydrogen) atoms. The highest BCUT2D eigenvalue weighted by Gasteiger charge is 2.44. The lowest BCUT2D eigenvalue weighted by atomic mass is 9.82. The molecule has 0 radical (unpaired) electrons. The number of fused-ring (bicyclic) bond motifs is 4. The van der Waals surface area contributed by atoms with Crippen molar-refractivity contribution in [3.05, 3.63) is 0 Å². The van der Waals surface area contributed by atoms with Gasteiger partial charge in [0.2, 0.25) is 0 Å². The second kappa shape index (κ2) is 7.16. The van der Waals surface area contributed by atoms with Crippen molar-refractivity contribution >= 4 is 0 Å².